The standard InChI is InChI=1S/2C24H31FN6O2.C23H29FN6O2.C21H24FN5O3S.C4H11NO/c2*1-16(15-33-4)27-24-26-12-9-20(28-24)22-21(17-5-7-18(25)8-6-17)23(32)30(3)31(22)19-10-13-29(2)14-11-19;1-15(14-32-3)27-23-26-13-10-19(28-23)21-20(16-4-6-17(24)7-5-16)22(31)29(2)30(21)18-8-11-25-12-9-18;1-25-12-9-16(10-13-25)27-19(17-8-11-23-21(24-17)31(3,29)30)18(20(28)26(27)2)14-4-6-15(22)7-5-14;1-4(5)3-6-2/h2*5-9,12,16,19H,10-11,13-15H2,1-4H3,(H,26,27,28);4-7,10,13,15,18,25H,8-9,11-12,14H2,1-3H3,(H,26,27,28);4-8,11,16H,9-10,12-13H2,1-3H3;4H,3,5H2,1-2H3/t2*16-;15-;;4-/m000.0/s1. The van der Waals surface area contributed by atoms with Crippen LogP contribution in [0.4, 0.5) is 35.4 Å². The summed E-state index contributed by atoms with van der Waals surface area (Å²) in [6, 6.07) is 31.6. The predicted octanol–water partition coefficient (Wildman–Crippen LogP) is 11.2. The summed E-state index contributed by atoms with van der Waals surface area (Å²) >= 11 is 0. The molecule has 12 heterocycles. The maximum absolute atomic E-state index is 13.6. The normalized spacial score (nSPS) is 15.9. The van der Waals surface area contributed by atoms with Crippen LogP contribution in [-0.2, 0) is 57.0 Å². The van der Waals surface area contributed by atoms with Crippen molar-refractivity contribution in [2.45, 2.75) is 133 Å². The minimum Gasteiger partial charge on any atom is -0.383 e. The molecule has 0 aliphatic carbocycles. The van der Waals surface area contributed by atoms with E-state index in [1.807, 2.05) is 55.3 Å². The Morgan fingerprint density at radius 2 is 0.607 bits per heavy atom. The number of nitrogens with one attached hydrogen (secondary N) is 4. The number of nitrogens with two attached hydrogens (primary N) is 1. The van der Waals surface area contributed by atoms with Crippen LogP contribution in [0.15, 0.2) is 170 Å². The van der Waals surface area contributed by atoms with Gasteiger partial charge in [-0.1, -0.05) is 48.5 Å². The Hall–Kier alpha value is -12.1. The molecule has 0 unspecified atom stereocenters. The van der Waals surface area contributed by atoms with Gasteiger partial charge >= 0.3 is 0 Å². The molecule has 0 bridgehead atoms. The molecule has 4 aliphatic rings. The topological polar surface area (TPSA) is 366 Å². The van der Waals surface area contributed by atoms with Crippen molar-refractivity contribution in [3.8, 4) is 90.1 Å². The van der Waals surface area contributed by atoms with Crippen LogP contribution < -0.4 is 49.2 Å². The number of rotatable bonds is 27. The fourth-order valence-electron chi connectivity index (χ4n) is 17.6. The smallest absolute Gasteiger partial charge is 0.274 e. The first kappa shape index (κ1) is 102. The lowest BCUT2D eigenvalue weighted by atomic mass is 10.0. The summed E-state index contributed by atoms with van der Waals surface area (Å²) in [6.45, 7) is 17.4. The zero-order valence-electron chi connectivity index (χ0n) is 79.7. The monoisotopic (exact) mass is 1880 g/mol. The number of anilines is 3. The van der Waals surface area contributed by atoms with Gasteiger partial charge in [-0.05, 0) is 248 Å². The number of aromatic nitrogens is 16. The van der Waals surface area contributed by atoms with E-state index in [0.29, 0.717) is 117 Å². The highest BCUT2D eigenvalue weighted by Crippen LogP contribution is 2.40. The molecule has 4 atom stereocenters. The number of likely N-dealkylation sites (tertiary alicyclic amines) is 3. The largest absolute Gasteiger partial charge is 0.383 e. The van der Waals surface area contributed by atoms with Crippen LogP contribution in [0, 0.1) is 23.3 Å². The molecule has 4 aromatic carbocycles. The van der Waals surface area contributed by atoms with Crippen molar-refractivity contribution in [3.63, 3.8) is 0 Å². The Morgan fingerprint density at radius 3 is 0.837 bits per heavy atom. The minimum absolute atomic E-state index is 0.0219. The summed E-state index contributed by atoms with van der Waals surface area (Å²) < 4.78 is 113. The van der Waals surface area contributed by atoms with Gasteiger partial charge < -0.3 is 60.6 Å². The fraction of sp³-hybridized carbons (Fsp3) is 0.458. The Kier molecular flexibility index (Phi) is 35.4. The number of sulfone groups is 1. The lowest BCUT2D eigenvalue weighted by Gasteiger charge is -2.31. The zero-order chi connectivity index (χ0) is 97.1. The average molecular weight is 1880 g/mol. The first-order valence-electron chi connectivity index (χ1n) is 45.3. The molecule has 0 radical (unpaired) electrons. The molecule has 135 heavy (non-hydrogen) atoms. The van der Waals surface area contributed by atoms with E-state index < -0.39 is 15.7 Å². The Balaban J connectivity index is 0.000000159. The van der Waals surface area contributed by atoms with Crippen molar-refractivity contribution in [1.29, 1.82) is 0 Å². The average Bonchev–Trinajstić information content (AvgIpc) is 1.62. The van der Waals surface area contributed by atoms with Crippen LogP contribution in [0.3, 0.4) is 0 Å². The summed E-state index contributed by atoms with van der Waals surface area (Å²) in [5.41, 5.74) is 14.1. The number of methoxy groups -OCH3 is 4. The third kappa shape index (κ3) is 25.2. The highest BCUT2D eigenvalue weighted by atomic mass is 32.2. The molecule has 8 aromatic heterocycles. The minimum atomic E-state index is -3.64. The highest BCUT2D eigenvalue weighted by Gasteiger charge is 2.35. The van der Waals surface area contributed by atoms with Gasteiger partial charge in [-0.3, -0.25) is 56.6 Å². The fourth-order valence-corrected chi connectivity index (χ4v) is 18.1. The molecule has 6 N–H and O–H groups in total. The first-order valence-corrected chi connectivity index (χ1v) is 47.2. The van der Waals surface area contributed by atoms with Crippen molar-refractivity contribution in [2.24, 2.45) is 33.9 Å². The molecule has 0 saturated carbocycles. The number of ether oxygens (including phenoxy) is 4. The number of piperidine rings is 4. The maximum atomic E-state index is 13.6. The van der Waals surface area contributed by atoms with E-state index in [9.17, 15) is 45.2 Å². The molecule has 16 rings (SSSR count). The van der Waals surface area contributed by atoms with Crippen molar-refractivity contribution < 1.29 is 44.9 Å². The van der Waals surface area contributed by atoms with Gasteiger partial charge in [0.2, 0.25) is 32.8 Å². The van der Waals surface area contributed by atoms with Crippen molar-refractivity contribution in [3.05, 3.63) is 211 Å². The molecule has 4 aliphatic heterocycles. The van der Waals surface area contributed by atoms with E-state index in [1.54, 1.807) is 149 Å². The van der Waals surface area contributed by atoms with E-state index in [2.05, 4.69) is 96.1 Å². The molecule has 39 heteroatoms. The van der Waals surface area contributed by atoms with Gasteiger partial charge in [0.05, 0.1) is 118 Å². The van der Waals surface area contributed by atoms with Gasteiger partial charge in [0.1, 0.15) is 23.3 Å². The lowest BCUT2D eigenvalue weighted by molar-refractivity contribution is 0.185. The van der Waals surface area contributed by atoms with E-state index in [4.69, 9.17) is 34.9 Å². The molecular weight excluding hydrogens is 1760 g/mol. The second kappa shape index (κ2) is 46.9. The lowest BCUT2D eigenvalue weighted by Crippen LogP contribution is -2.34. The van der Waals surface area contributed by atoms with Crippen LogP contribution in [0.1, 0.15) is 103 Å². The van der Waals surface area contributed by atoms with Gasteiger partial charge in [0, 0.05) is 112 Å². The molecule has 12 aromatic rings. The van der Waals surface area contributed by atoms with Gasteiger partial charge in [-0.25, -0.2) is 65.9 Å². The third-order valence-corrected chi connectivity index (χ3v) is 25.0. The number of benzene rings is 4. The Morgan fingerprint density at radius 1 is 0.370 bits per heavy atom. The summed E-state index contributed by atoms with van der Waals surface area (Å²) in [7, 11) is 16.3. The second-order valence-corrected chi connectivity index (χ2v) is 36.8. The van der Waals surface area contributed by atoms with Crippen LogP contribution in [0.25, 0.3) is 90.1 Å². The quantitative estimate of drug-likeness (QED) is 0.0236. The maximum Gasteiger partial charge on any atom is 0.274 e. The van der Waals surface area contributed by atoms with Gasteiger partial charge in [-0.2, -0.15) is 0 Å². The second-order valence-electron chi connectivity index (χ2n) is 34.9. The Labute approximate surface area is 783 Å². The van der Waals surface area contributed by atoms with Gasteiger partial charge in [-0.15, -0.1) is 0 Å². The summed E-state index contributed by atoms with van der Waals surface area (Å²) in [5, 5.41) is 12.8. The van der Waals surface area contributed by atoms with Crippen LogP contribution in [0.5, 0.6) is 0 Å². The molecule has 724 valence electrons. The Bertz CT molecular complexity index is 6110. The third-order valence-electron chi connectivity index (χ3n) is 24.2. The number of hydrogen-bond acceptors (Lipinski definition) is 26. The van der Waals surface area contributed by atoms with E-state index in [0.717, 1.165) is 127 Å². The van der Waals surface area contributed by atoms with Crippen LogP contribution in [0.2, 0.25) is 0 Å². The van der Waals surface area contributed by atoms with Crippen LogP contribution in [-0.4, -0.2) is 259 Å². The van der Waals surface area contributed by atoms with Gasteiger partial charge in [0.25, 0.3) is 22.2 Å². The van der Waals surface area contributed by atoms with Crippen molar-refractivity contribution >= 4 is 27.7 Å². The predicted molar refractivity (Wildman–Crippen MR) is 516 cm³/mol. The molecular formula is C96H126F4N24O10S. The number of nitrogens with zero attached hydrogens (tertiary/aromatic N) is 19. The van der Waals surface area contributed by atoms with Crippen molar-refractivity contribution in [1.82, 2.24) is 97.3 Å². The van der Waals surface area contributed by atoms with Crippen LogP contribution >= 0.6 is 0 Å². The first-order chi connectivity index (χ1) is 64.7. The van der Waals surface area contributed by atoms with E-state index >= 15 is 0 Å². The molecule has 4 saturated heterocycles. The molecule has 34 nitrogen and oxygen atoms in total. The number of halogens is 4. The van der Waals surface area contributed by atoms with E-state index in [-0.39, 0.29) is 93.2 Å². The summed E-state index contributed by atoms with van der Waals surface area (Å²) in [6.07, 6.45) is 14.7. The summed E-state index contributed by atoms with van der Waals surface area (Å²) in [5.74, 6) is -0.0316. The molecule has 4 fully saturated rings. The molecule has 0 amide bonds. The highest BCUT2D eigenvalue weighted by molar-refractivity contribution is 7.90. The number of hydrogen-bond donors (Lipinski definition) is 5. The molecule has 0 spiro atoms. The zero-order valence-corrected chi connectivity index (χ0v) is 80.5. The van der Waals surface area contributed by atoms with Gasteiger partial charge in [0.15, 0.2) is 0 Å². The van der Waals surface area contributed by atoms with E-state index in [1.165, 1.54) is 54.7 Å². The SMILES string of the molecule is CN1CCC(n2c(-c3ccnc(S(C)(=O)=O)n3)c(-c3ccc(F)cc3)c(=O)n2C)CC1.COC[C@H](C)N.COC[C@H](C)Nc1nccc(-c2c(-c3ccc(F)cc3)c(=O)n(C)n2C2CCN(C)CC2)n1.COC[C@H](C)Nc1nccc(-c2c(-c3ccc(F)cc3)c(=O)n(C)n2C2CCN(C)CC2)n1.COC[C@H](C)Nc1nccc(-c2c(-c3ccc(F)cc3)c(=O)n(C)n2C2CCNCC2)n1. The summed E-state index contributed by atoms with van der Waals surface area (Å²) in [4.78, 5) is 96.0. The van der Waals surface area contributed by atoms with Crippen molar-refractivity contribution in [2.75, 3.05) is 151 Å².